The Morgan fingerprint density at radius 3 is 2.79 bits per heavy atom. The molecule has 3 heteroatoms. The van der Waals surface area contributed by atoms with Crippen LogP contribution in [0.2, 0.25) is 5.02 Å². The summed E-state index contributed by atoms with van der Waals surface area (Å²) in [5, 5.41) is 0.748. The molecule has 0 saturated carbocycles. The van der Waals surface area contributed by atoms with Gasteiger partial charge in [-0.15, -0.1) is 11.6 Å². The van der Waals surface area contributed by atoms with E-state index >= 15 is 0 Å². The van der Waals surface area contributed by atoms with Gasteiger partial charge in [0, 0.05) is 10.9 Å². The van der Waals surface area contributed by atoms with Crippen LogP contribution < -0.4 is 4.74 Å². The van der Waals surface area contributed by atoms with Crippen molar-refractivity contribution in [1.29, 1.82) is 0 Å². The molecule has 0 spiro atoms. The summed E-state index contributed by atoms with van der Waals surface area (Å²) in [5.74, 6) is 1.58. The van der Waals surface area contributed by atoms with E-state index in [9.17, 15) is 0 Å². The van der Waals surface area contributed by atoms with Gasteiger partial charge in [0.15, 0.2) is 0 Å². The number of aryl methyl sites for hydroxylation is 1. The normalized spacial score (nSPS) is 10.2. The van der Waals surface area contributed by atoms with Crippen molar-refractivity contribution in [2.75, 3.05) is 12.5 Å². The summed E-state index contributed by atoms with van der Waals surface area (Å²) in [6.07, 6.45) is 1.86. The zero-order valence-electron chi connectivity index (χ0n) is 8.22. The molecule has 0 heterocycles. The molecule has 1 nitrogen and oxygen atoms in total. The summed E-state index contributed by atoms with van der Waals surface area (Å²) in [7, 11) is 0. The second-order valence-electron chi connectivity index (χ2n) is 2.98. The summed E-state index contributed by atoms with van der Waals surface area (Å²) in [6.45, 7) is 2.65. The fraction of sp³-hybridized carbons (Fsp3) is 0.455. The number of ether oxygens (including phenoxy) is 1. The highest BCUT2D eigenvalue weighted by molar-refractivity contribution is 6.30. The van der Waals surface area contributed by atoms with Crippen LogP contribution in [0.15, 0.2) is 18.2 Å². The number of halogens is 2. The van der Waals surface area contributed by atoms with E-state index < -0.39 is 0 Å². The Hall–Kier alpha value is -0.400. The van der Waals surface area contributed by atoms with Gasteiger partial charge in [0.2, 0.25) is 0 Å². The van der Waals surface area contributed by atoms with Gasteiger partial charge in [-0.3, -0.25) is 0 Å². The maximum Gasteiger partial charge on any atom is 0.122 e. The van der Waals surface area contributed by atoms with E-state index in [1.165, 1.54) is 0 Å². The van der Waals surface area contributed by atoms with E-state index in [2.05, 4.69) is 0 Å². The minimum Gasteiger partial charge on any atom is -0.494 e. The van der Waals surface area contributed by atoms with Gasteiger partial charge in [-0.05, 0) is 43.5 Å². The zero-order valence-corrected chi connectivity index (χ0v) is 9.74. The molecule has 78 valence electrons. The van der Waals surface area contributed by atoms with Gasteiger partial charge in [-0.25, -0.2) is 0 Å². The quantitative estimate of drug-likeness (QED) is 0.700. The third-order valence-electron chi connectivity index (χ3n) is 1.90. The maximum absolute atomic E-state index is 5.91. The highest BCUT2D eigenvalue weighted by Crippen LogP contribution is 2.24. The number of hydrogen-bond acceptors (Lipinski definition) is 1. The molecular formula is C11H14Cl2O. The minimum atomic E-state index is 0.665. The summed E-state index contributed by atoms with van der Waals surface area (Å²) in [6, 6.07) is 5.70. The van der Waals surface area contributed by atoms with Crippen LogP contribution in [0.1, 0.15) is 18.9 Å². The van der Waals surface area contributed by atoms with Crippen molar-refractivity contribution in [2.45, 2.75) is 19.8 Å². The first kappa shape index (κ1) is 11.7. The fourth-order valence-electron chi connectivity index (χ4n) is 1.30. The smallest absolute Gasteiger partial charge is 0.122 e. The SMILES string of the molecule is CCOc1ccc(Cl)cc1CCCCl. The van der Waals surface area contributed by atoms with Gasteiger partial charge in [0.25, 0.3) is 0 Å². The molecule has 1 aromatic rings. The van der Waals surface area contributed by atoms with Crippen LogP contribution in [0.3, 0.4) is 0 Å². The molecule has 0 bridgehead atoms. The Bertz CT molecular complexity index is 287. The standard InChI is InChI=1S/C11H14Cl2O/c1-2-14-11-6-5-10(13)8-9(11)4-3-7-12/h5-6,8H,2-4,7H2,1H3. The van der Waals surface area contributed by atoms with Gasteiger partial charge >= 0.3 is 0 Å². The molecular weight excluding hydrogens is 219 g/mol. The van der Waals surface area contributed by atoms with Crippen LogP contribution in [-0.4, -0.2) is 12.5 Å². The van der Waals surface area contributed by atoms with Crippen molar-refractivity contribution in [2.24, 2.45) is 0 Å². The highest BCUT2D eigenvalue weighted by atomic mass is 35.5. The molecule has 0 amide bonds. The summed E-state index contributed by atoms with van der Waals surface area (Å²) >= 11 is 11.6. The molecule has 0 atom stereocenters. The first-order valence-corrected chi connectivity index (χ1v) is 5.66. The second-order valence-corrected chi connectivity index (χ2v) is 3.79. The van der Waals surface area contributed by atoms with Crippen LogP contribution in [0.5, 0.6) is 5.75 Å². The van der Waals surface area contributed by atoms with Gasteiger partial charge < -0.3 is 4.74 Å². The summed E-state index contributed by atoms with van der Waals surface area (Å²) in [4.78, 5) is 0. The lowest BCUT2D eigenvalue weighted by molar-refractivity contribution is 0.336. The molecule has 0 N–H and O–H groups in total. The van der Waals surface area contributed by atoms with Crippen molar-refractivity contribution in [3.63, 3.8) is 0 Å². The van der Waals surface area contributed by atoms with Crippen molar-refractivity contribution < 1.29 is 4.74 Å². The van der Waals surface area contributed by atoms with E-state index in [0.717, 1.165) is 29.2 Å². The predicted octanol–water partition coefficient (Wildman–Crippen LogP) is 3.91. The van der Waals surface area contributed by atoms with Crippen molar-refractivity contribution in [3.8, 4) is 5.75 Å². The third-order valence-corrected chi connectivity index (χ3v) is 2.40. The number of benzene rings is 1. The lowest BCUT2D eigenvalue weighted by atomic mass is 10.1. The zero-order chi connectivity index (χ0) is 10.4. The average molecular weight is 233 g/mol. The van der Waals surface area contributed by atoms with Gasteiger partial charge in [0.1, 0.15) is 5.75 Å². The average Bonchev–Trinajstić information content (AvgIpc) is 2.18. The van der Waals surface area contributed by atoms with E-state index in [-0.39, 0.29) is 0 Å². The highest BCUT2D eigenvalue weighted by Gasteiger charge is 2.03. The first-order valence-electron chi connectivity index (χ1n) is 4.75. The maximum atomic E-state index is 5.91. The van der Waals surface area contributed by atoms with Crippen LogP contribution in [0.4, 0.5) is 0 Å². The van der Waals surface area contributed by atoms with Crippen LogP contribution in [-0.2, 0) is 6.42 Å². The predicted molar refractivity (Wildman–Crippen MR) is 61.7 cm³/mol. The first-order chi connectivity index (χ1) is 6.77. The molecule has 0 unspecified atom stereocenters. The minimum absolute atomic E-state index is 0.665. The molecule has 1 aromatic carbocycles. The Morgan fingerprint density at radius 1 is 1.36 bits per heavy atom. The molecule has 0 aliphatic heterocycles. The van der Waals surface area contributed by atoms with E-state index in [4.69, 9.17) is 27.9 Å². The Labute approximate surface area is 95.0 Å². The van der Waals surface area contributed by atoms with Crippen molar-refractivity contribution in [3.05, 3.63) is 28.8 Å². The second kappa shape index (κ2) is 6.15. The molecule has 0 aliphatic carbocycles. The van der Waals surface area contributed by atoms with Gasteiger partial charge in [0.05, 0.1) is 6.61 Å². The molecule has 0 aromatic heterocycles. The third kappa shape index (κ3) is 3.39. The fourth-order valence-corrected chi connectivity index (χ4v) is 1.63. The van der Waals surface area contributed by atoms with Crippen molar-refractivity contribution in [1.82, 2.24) is 0 Å². The Balaban J connectivity index is 2.79. The van der Waals surface area contributed by atoms with E-state index in [0.29, 0.717) is 12.5 Å². The number of alkyl halides is 1. The topological polar surface area (TPSA) is 9.23 Å². The van der Waals surface area contributed by atoms with Crippen LogP contribution in [0.25, 0.3) is 0 Å². The van der Waals surface area contributed by atoms with Crippen molar-refractivity contribution >= 4 is 23.2 Å². The number of hydrogen-bond donors (Lipinski definition) is 0. The molecule has 0 fully saturated rings. The Morgan fingerprint density at radius 2 is 2.14 bits per heavy atom. The lowest BCUT2D eigenvalue weighted by Gasteiger charge is -2.09. The monoisotopic (exact) mass is 232 g/mol. The van der Waals surface area contributed by atoms with Gasteiger partial charge in [-0.2, -0.15) is 0 Å². The lowest BCUT2D eigenvalue weighted by Crippen LogP contribution is -1.97. The van der Waals surface area contributed by atoms with Crippen LogP contribution in [0, 0.1) is 0 Å². The van der Waals surface area contributed by atoms with Crippen LogP contribution >= 0.6 is 23.2 Å². The molecule has 14 heavy (non-hydrogen) atoms. The molecule has 1 rings (SSSR count). The number of rotatable bonds is 5. The summed E-state index contributed by atoms with van der Waals surface area (Å²) < 4.78 is 5.49. The van der Waals surface area contributed by atoms with Gasteiger partial charge in [-0.1, -0.05) is 11.6 Å². The molecule has 0 radical (unpaired) electrons. The van der Waals surface area contributed by atoms with E-state index in [1.54, 1.807) is 0 Å². The molecule has 0 saturated heterocycles. The van der Waals surface area contributed by atoms with E-state index in [1.807, 2.05) is 25.1 Å². The largest absolute Gasteiger partial charge is 0.494 e. The summed E-state index contributed by atoms with van der Waals surface area (Å²) in [5.41, 5.74) is 1.14. The Kier molecular flexibility index (Phi) is 5.13. The molecule has 0 aliphatic rings.